The van der Waals surface area contributed by atoms with Crippen molar-refractivity contribution < 1.29 is 19.1 Å². The summed E-state index contributed by atoms with van der Waals surface area (Å²) in [6, 6.07) is 22.4. The Morgan fingerprint density at radius 2 is 1.47 bits per heavy atom. The number of benzene rings is 3. The second-order valence-corrected chi connectivity index (χ2v) is 8.17. The highest BCUT2D eigenvalue weighted by atomic mass is 16.5. The van der Waals surface area contributed by atoms with Gasteiger partial charge in [-0.1, -0.05) is 56.3 Å². The molecule has 0 saturated carbocycles. The number of hydrogen-bond donors (Lipinski definition) is 3. The second kappa shape index (κ2) is 11.7. The molecule has 0 fully saturated rings. The van der Waals surface area contributed by atoms with E-state index in [1.165, 1.54) is 7.11 Å². The van der Waals surface area contributed by atoms with Crippen LogP contribution in [-0.2, 0) is 16.0 Å². The van der Waals surface area contributed by atoms with Gasteiger partial charge in [0.2, 0.25) is 11.8 Å². The lowest BCUT2D eigenvalue weighted by Gasteiger charge is -2.22. The number of para-hydroxylation sites is 2. The summed E-state index contributed by atoms with van der Waals surface area (Å²) in [5, 5.41) is 8.46. The molecule has 0 heterocycles. The smallest absolute Gasteiger partial charge is 0.255 e. The van der Waals surface area contributed by atoms with Crippen LogP contribution in [0.4, 0.5) is 11.4 Å². The van der Waals surface area contributed by atoms with Crippen molar-refractivity contribution in [2.75, 3.05) is 17.7 Å². The number of carbonyl (C=O) groups is 3. The normalized spacial score (nSPS) is 11.4. The fourth-order valence-corrected chi connectivity index (χ4v) is 3.41. The molecular weight excluding hydrogens is 430 g/mol. The van der Waals surface area contributed by atoms with Crippen LogP contribution in [0.25, 0.3) is 0 Å². The van der Waals surface area contributed by atoms with Crippen molar-refractivity contribution in [1.82, 2.24) is 5.32 Å². The van der Waals surface area contributed by atoms with Crippen LogP contribution in [0.2, 0.25) is 0 Å². The van der Waals surface area contributed by atoms with E-state index in [0.29, 0.717) is 22.7 Å². The topological polar surface area (TPSA) is 96.5 Å². The van der Waals surface area contributed by atoms with E-state index in [0.717, 1.165) is 5.56 Å². The lowest BCUT2D eigenvalue weighted by atomic mass is 10.0. The molecule has 0 radical (unpaired) electrons. The van der Waals surface area contributed by atoms with E-state index in [9.17, 15) is 14.4 Å². The lowest BCUT2D eigenvalue weighted by Crippen LogP contribution is -2.47. The summed E-state index contributed by atoms with van der Waals surface area (Å²) >= 11 is 0. The van der Waals surface area contributed by atoms with Crippen molar-refractivity contribution >= 4 is 29.1 Å². The fraction of sp³-hybridized carbons (Fsp3) is 0.222. The number of amides is 3. The molecule has 7 nitrogen and oxygen atoms in total. The Morgan fingerprint density at radius 3 is 2.12 bits per heavy atom. The summed E-state index contributed by atoms with van der Waals surface area (Å²) in [6.07, 6.45) is 0.202. The highest BCUT2D eigenvalue weighted by Gasteiger charge is 2.24. The molecule has 1 unspecified atom stereocenters. The summed E-state index contributed by atoms with van der Waals surface area (Å²) in [5.41, 5.74) is 2.41. The standard InChI is InChI=1S/C27H29N3O4/c1-18(2)25(30-24(31)17-19-9-5-4-6-10-19)27(33)28-21-15-13-20(14-16-21)26(32)29-22-11-7-8-12-23(22)34-3/h4-16,18,25H,17H2,1-3H3,(H,28,33)(H,29,32)(H,30,31). The molecular formula is C27H29N3O4. The van der Waals surface area contributed by atoms with Gasteiger partial charge >= 0.3 is 0 Å². The van der Waals surface area contributed by atoms with Crippen molar-refractivity contribution in [2.24, 2.45) is 5.92 Å². The molecule has 34 heavy (non-hydrogen) atoms. The number of nitrogens with one attached hydrogen (secondary N) is 3. The van der Waals surface area contributed by atoms with Gasteiger partial charge < -0.3 is 20.7 Å². The number of carbonyl (C=O) groups excluding carboxylic acids is 3. The van der Waals surface area contributed by atoms with Gasteiger partial charge in [0, 0.05) is 11.3 Å². The maximum Gasteiger partial charge on any atom is 0.255 e. The van der Waals surface area contributed by atoms with Crippen LogP contribution in [0.1, 0.15) is 29.8 Å². The average molecular weight is 460 g/mol. The zero-order valence-corrected chi connectivity index (χ0v) is 19.5. The Bertz CT molecular complexity index is 1130. The number of methoxy groups -OCH3 is 1. The van der Waals surface area contributed by atoms with Crippen molar-refractivity contribution in [3.63, 3.8) is 0 Å². The molecule has 1 atom stereocenters. The highest BCUT2D eigenvalue weighted by molar-refractivity contribution is 6.05. The van der Waals surface area contributed by atoms with E-state index in [1.807, 2.05) is 50.2 Å². The number of anilines is 2. The largest absolute Gasteiger partial charge is 0.495 e. The first kappa shape index (κ1) is 24.5. The monoisotopic (exact) mass is 459 g/mol. The summed E-state index contributed by atoms with van der Waals surface area (Å²) in [5.74, 6) is -0.374. The third kappa shape index (κ3) is 6.68. The molecule has 0 aromatic heterocycles. The van der Waals surface area contributed by atoms with E-state index < -0.39 is 6.04 Å². The molecule has 3 N–H and O–H groups in total. The minimum Gasteiger partial charge on any atom is -0.495 e. The van der Waals surface area contributed by atoms with Crippen molar-refractivity contribution in [3.05, 3.63) is 90.0 Å². The molecule has 0 spiro atoms. The first-order valence-electron chi connectivity index (χ1n) is 11.1. The molecule has 0 bridgehead atoms. The maximum absolute atomic E-state index is 12.9. The minimum absolute atomic E-state index is 0.106. The predicted molar refractivity (Wildman–Crippen MR) is 133 cm³/mol. The van der Waals surface area contributed by atoms with Crippen LogP contribution >= 0.6 is 0 Å². The number of rotatable bonds is 9. The van der Waals surface area contributed by atoms with Crippen molar-refractivity contribution in [1.29, 1.82) is 0 Å². The maximum atomic E-state index is 12.9. The van der Waals surface area contributed by atoms with Crippen LogP contribution in [0.5, 0.6) is 5.75 Å². The van der Waals surface area contributed by atoms with Crippen LogP contribution in [0.3, 0.4) is 0 Å². The minimum atomic E-state index is -0.690. The Hall–Kier alpha value is -4.13. The molecule has 7 heteroatoms. The number of hydrogen-bond acceptors (Lipinski definition) is 4. The first-order chi connectivity index (χ1) is 16.4. The highest BCUT2D eigenvalue weighted by Crippen LogP contribution is 2.24. The van der Waals surface area contributed by atoms with Gasteiger partial charge in [0.15, 0.2) is 0 Å². The van der Waals surface area contributed by atoms with Crippen LogP contribution in [-0.4, -0.2) is 30.9 Å². The third-order valence-electron chi connectivity index (χ3n) is 5.24. The molecule has 0 saturated heterocycles. The molecule has 3 aromatic rings. The fourth-order valence-electron chi connectivity index (χ4n) is 3.41. The van der Waals surface area contributed by atoms with Crippen LogP contribution in [0, 0.1) is 5.92 Å². The molecule has 3 rings (SSSR count). The van der Waals surface area contributed by atoms with E-state index in [-0.39, 0.29) is 30.1 Å². The Morgan fingerprint density at radius 1 is 0.824 bits per heavy atom. The molecule has 176 valence electrons. The quantitative estimate of drug-likeness (QED) is 0.445. The van der Waals surface area contributed by atoms with Crippen LogP contribution in [0.15, 0.2) is 78.9 Å². The van der Waals surface area contributed by atoms with E-state index in [1.54, 1.807) is 42.5 Å². The summed E-state index contributed by atoms with van der Waals surface area (Å²) < 4.78 is 5.26. The average Bonchev–Trinajstić information content (AvgIpc) is 2.83. The van der Waals surface area contributed by atoms with Crippen LogP contribution < -0.4 is 20.7 Å². The van der Waals surface area contributed by atoms with E-state index in [4.69, 9.17) is 4.74 Å². The molecule has 0 aliphatic carbocycles. The van der Waals surface area contributed by atoms with Gasteiger partial charge in [-0.05, 0) is 47.9 Å². The molecule has 3 amide bonds. The Kier molecular flexibility index (Phi) is 8.40. The summed E-state index contributed by atoms with van der Waals surface area (Å²) in [4.78, 5) is 37.9. The Balaban J connectivity index is 1.60. The Labute approximate surface area is 199 Å². The molecule has 0 aliphatic heterocycles. The van der Waals surface area contributed by atoms with Crippen molar-refractivity contribution in [3.8, 4) is 5.75 Å². The van der Waals surface area contributed by atoms with Crippen molar-refractivity contribution in [2.45, 2.75) is 26.3 Å². The molecule has 3 aromatic carbocycles. The van der Waals surface area contributed by atoms with Gasteiger partial charge in [-0.2, -0.15) is 0 Å². The predicted octanol–water partition coefficient (Wildman–Crippen LogP) is 4.27. The first-order valence-corrected chi connectivity index (χ1v) is 11.1. The lowest BCUT2D eigenvalue weighted by molar-refractivity contribution is -0.127. The zero-order valence-electron chi connectivity index (χ0n) is 19.5. The van der Waals surface area contributed by atoms with E-state index in [2.05, 4.69) is 16.0 Å². The molecule has 0 aliphatic rings. The van der Waals surface area contributed by atoms with Gasteiger partial charge in [-0.3, -0.25) is 14.4 Å². The zero-order chi connectivity index (χ0) is 24.5. The van der Waals surface area contributed by atoms with Gasteiger partial charge in [0.25, 0.3) is 5.91 Å². The number of ether oxygens (including phenoxy) is 1. The third-order valence-corrected chi connectivity index (χ3v) is 5.24. The van der Waals surface area contributed by atoms with E-state index >= 15 is 0 Å². The second-order valence-electron chi connectivity index (χ2n) is 8.17. The summed E-state index contributed by atoms with van der Waals surface area (Å²) in [6.45, 7) is 3.75. The van der Waals surface area contributed by atoms with Gasteiger partial charge in [0.05, 0.1) is 19.2 Å². The summed E-state index contributed by atoms with van der Waals surface area (Å²) in [7, 11) is 1.54. The SMILES string of the molecule is COc1ccccc1NC(=O)c1ccc(NC(=O)C(NC(=O)Cc2ccccc2)C(C)C)cc1. The van der Waals surface area contributed by atoms with Gasteiger partial charge in [-0.25, -0.2) is 0 Å². The van der Waals surface area contributed by atoms with Gasteiger partial charge in [-0.15, -0.1) is 0 Å². The van der Waals surface area contributed by atoms with Gasteiger partial charge in [0.1, 0.15) is 11.8 Å².